The van der Waals surface area contributed by atoms with Crippen LogP contribution in [0.5, 0.6) is 0 Å². The van der Waals surface area contributed by atoms with E-state index in [0.29, 0.717) is 5.02 Å². The van der Waals surface area contributed by atoms with Crippen molar-refractivity contribution >= 4 is 39.0 Å². The van der Waals surface area contributed by atoms with Gasteiger partial charge in [-0.25, -0.2) is 4.98 Å². The van der Waals surface area contributed by atoms with Crippen molar-refractivity contribution < 1.29 is 0 Å². The third-order valence-corrected chi connectivity index (χ3v) is 4.66. The summed E-state index contributed by atoms with van der Waals surface area (Å²) < 4.78 is 2.01. The van der Waals surface area contributed by atoms with Crippen LogP contribution in [0, 0.1) is 0 Å². The number of halogens is 1. The molecule has 5 heteroatoms. The quantitative estimate of drug-likeness (QED) is 0.772. The molecule has 1 aromatic carbocycles. The maximum atomic E-state index is 6.25. The Bertz CT molecular complexity index is 757. The molecule has 0 amide bonds. The van der Waals surface area contributed by atoms with Gasteiger partial charge in [0, 0.05) is 11.9 Å². The first-order chi connectivity index (χ1) is 9.11. The first-order valence-electron chi connectivity index (χ1n) is 6.11. The van der Waals surface area contributed by atoms with Gasteiger partial charge in [0.25, 0.3) is 0 Å². The highest BCUT2D eigenvalue weighted by Crippen LogP contribution is 2.36. The van der Waals surface area contributed by atoms with E-state index in [1.54, 1.807) is 11.3 Å². The third kappa shape index (κ3) is 1.91. The lowest BCUT2D eigenvalue weighted by atomic mass is 10.2. The maximum Gasteiger partial charge on any atom is 0.143 e. The number of nitrogens with two attached hydrogens (primary N) is 1. The van der Waals surface area contributed by atoms with Gasteiger partial charge in [-0.2, -0.15) is 0 Å². The first kappa shape index (κ1) is 12.5. The second kappa shape index (κ2) is 4.54. The van der Waals surface area contributed by atoms with Crippen molar-refractivity contribution in [1.82, 2.24) is 9.55 Å². The van der Waals surface area contributed by atoms with Gasteiger partial charge in [-0.1, -0.05) is 24.6 Å². The van der Waals surface area contributed by atoms with E-state index in [4.69, 9.17) is 17.3 Å². The highest BCUT2D eigenvalue weighted by Gasteiger charge is 2.16. The van der Waals surface area contributed by atoms with Crippen LogP contribution in [0.3, 0.4) is 0 Å². The van der Waals surface area contributed by atoms with Crippen LogP contribution in [-0.2, 0) is 13.5 Å². The van der Waals surface area contributed by atoms with Crippen LogP contribution in [0.1, 0.15) is 11.8 Å². The lowest BCUT2D eigenvalue weighted by Crippen LogP contribution is -1.94. The van der Waals surface area contributed by atoms with Crippen molar-refractivity contribution in [2.45, 2.75) is 13.3 Å². The average Bonchev–Trinajstić information content (AvgIpc) is 2.91. The molecule has 3 rings (SSSR count). The summed E-state index contributed by atoms with van der Waals surface area (Å²) in [4.78, 5) is 5.93. The van der Waals surface area contributed by atoms with Gasteiger partial charge >= 0.3 is 0 Å². The molecule has 0 saturated carbocycles. The molecule has 2 N–H and O–H groups in total. The second-order valence-electron chi connectivity index (χ2n) is 4.45. The number of hydrogen-bond donors (Lipinski definition) is 1. The van der Waals surface area contributed by atoms with Gasteiger partial charge < -0.3 is 10.3 Å². The number of para-hydroxylation sites is 1. The van der Waals surface area contributed by atoms with Crippen LogP contribution >= 0.6 is 22.9 Å². The molecule has 3 aromatic rings. The number of fused-ring (bicyclic) bond motifs is 1. The number of thiophene rings is 1. The summed E-state index contributed by atoms with van der Waals surface area (Å²) in [5.41, 5.74) is 8.95. The molecule has 0 aliphatic rings. The van der Waals surface area contributed by atoms with Gasteiger partial charge in [0.2, 0.25) is 0 Å². The Balaban J connectivity index is 2.28. The largest absolute Gasteiger partial charge is 0.390 e. The van der Waals surface area contributed by atoms with Gasteiger partial charge in [-0.15, -0.1) is 11.3 Å². The van der Waals surface area contributed by atoms with Crippen molar-refractivity contribution in [2.24, 2.45) is 7.05 Å². The van der Waals surface area contributed by atoms with E-state index in [9.17, 15) is 0 Å². The summed E-state index contributed by atoms with van der Waals surface area (Å²) in [6, 6.07) is 7.88. The zero-order valence-corrected chi connectivity index (χ0v) is 12.3. The van der Waals surface area contributed by atoms with E-state index in [1.165, 1.54) is 4.88 Å². The molecule has 98 valence electrons. The number of benzene rings is 1. The smallest absolute Gasteiger partial charge is 0.143 e. The molecule has 3 nitrogen and oxygen atoms in total. The Morgan fingerprint density at radius 3 is 2.84 bits per heavy atom. The van der Waals surface area contributed by atoms with Crippen molar-refractivity contribution in [3.05, 3.63) is 34.2 Å². The third-order valence-electron chi connectivity index (χ3n) is 3.25. The molecule has 2 heterocycles. The van der Waals surface area contributed by atoms with Crippen LogP contribution in [0.4, 0.5) is 5.00 Å². The minimum atomic E-state index is 0.711. The summed E-state index contributed by atoms with van der Waals surface area (Å²) in [6.07, 6.45) is 0.986. The number of aromatic nitrogens is 2. The van der Waals surface area contributed by atoms with Crippen LogP contribution in [0.25, 0.3) is 22.4 Å². The van der Waals surface area contributed by atoms with E-state index >= 15 is 0 Å². The summed E-state index contributed by atoms with van der Waals surface area (Å²) in [5.74, 6) is 0.872. The molecule has 0 aliphatic carbocycles. The van der Waals surface area contributed by atoms with E-state index in [1.807, 2.05) is 29.8 Å². The van der Waals surface area contributed by atoms with E-state index in [-0.39, 0.29) is 0 Å². The molecule has 0 bridgehead atoms. The summed E-state index contributed by atoms with van der Waals surface area (Å²) in [7, 11) is 1.97. The van der Waals surface area contributed by atoms with Crippen LogP contribution in [0.2, 0.25) is 5.02 Å². The molecule has 0 radical (unpaired) electrons. The maximum absolute atomic E-state index is 6.25. The Morgan fingerprint density at radius 1 is 1.42 bits per heavy atom. The van der Waals surface area contributed by atoms with Gasteiger partial charge in [0.1, 0.15) is 5.82 Å². The average molecular weight is 292 g/mol. The van der Waals surface area contributed by atoms with Crippen molar-refractivity contribution in [2.75, 3.05) is 5.73 Å². The first-order valence-corrected chi connectivity index (χ1v) is 7.30. The Labute approximate surface area is 120 Å². The summed E-state index contributed by atoms with van der Waals surface area (Å²) in [5, 5.41) is 1.52. The molecular formula is C14H14ClN3S. The molecule has 2 aromatic heterocycles. The van der Waals surface area contributed by atoms with Crippen LogP contribution < -0.4 is 5.73 Å². The van der Waals surface area contributed by atoms with E-state index < -0.39 is 0 Å². The SMILES string of the molecule is CCc1cc(-c2nc3cccc(Cl)c3n2C)c(N)s1. The number of anilines is 1. The Morgan fingerprint density at radius 2 is 2.21 bits per heavy atom. The number of hydrogen-bond acceptors (Lipinski definition) is 3. The second-order valence-corrected chi connectivity index (χ2v) is 6.02. The minimum absolute atomic E-state index is 0.711. The predicted octanol–water partition coefficient (Wildman–Crippen LogP) is 4.10. The lowest BCUT2D eigenvalue weighted by Gasteiger charge is -2.02. The molecule has 0 atom stereocenters. The fraction of sp³-hybridized carbons (Fsp3) is 0.214. The van der Waals surface area contributed by atoms with Crippen LogP contribution in [0.15, 0.2) is 24.3 Å². The molecule has 0 unspecified atom stereocenters. The number of imidazole rings is 1. The van der Waals surface area contributed by atoms with E-state index in [2.05, 4.69) is 18.0 Å². The van der Waals surface area contributed by atoms with Gasteiger partial charge in [-0.05, 0) is 24.6 Å². The normalized spacial score (nSPS) is 11.3. The topological polar surface area (TPSA) is 43.8 Å². The number of aryl methyl sites for hydroxylation is 2. The number of nitrogen functional groups attached to an aromatic ring is 1. The highest BCUT2D eigenvalue weighted by atomic mass is 35.5. The standard InChI is InChI=1S/C14H14ClN3S/c1-3-8-7-9(13(16)19-8)14-17-11-6-4-5-10(15)12(11)18(14)2/h4-7H,3,16H2,1-2H3. The Hall–Kier alpha value is -1.52. The zero-order chi connectivity index (χ0) is 13.6. The molecule has 0 spiro atoms. The lowest BCUT2D eigenvalue weighted by molar-refractivity contribution is 0.960. The fourth-order valence-electron chi connectivity index (χ4n) is 2.27. The van der Waals surface area contributed by atoms with Crippen LogP contribution in [-0.4, -0.2) is 9.55 Å². The molecular weight excluding hydrogens is 278 g/mol. The highest BCUT2D eigenvalue weighted by molar-refractivity contribution is 7.16. The monoisotopic (exact) mass is 291 g/mol. The zero-order valence-electron chi connectivity index (χ0n) is 10.8. The van der Waals surface area contributed by atoms with E-state index in [0.717, 1.165) is 33.8 Å². The molecule has 0 fully saturated rings. The predicted molar refractivity (Wildman–Crippen MR) is 82.8 cm³/mol. The van der Waals surface area contributed by atoms with Gasteiger partial charge in [0.15, 0.2) is 0 Å². The van der Waals surface area contributed by atoms with Gasteiger partial charge in [-0.3, -0.25) is 0 Å². The summed E-state index contributed by atoms with van der Waals surface area (Å²) >= 11 is 7.87. The minimum Gasteiger partial charge on any atom is -0.390 e. The number of nitrogens with zero attached hydrogens (tertiary/aromatic N) is 2. The van der Waals surface area contributed by atoms with Gasteiger partial charge in [0.05, 0.1) is 26.6 Å². The summed E-state index contributed by atoms with van der Waals surface area (Å²) in [6.45, 7) is 2.13. The molecule has 0 saturated heterocycles. The van der Waals surface area contributed by atoms with Crippen molar-refractivity contribution in [3.8, 4) is 11.4 Å². The molecule has 0 aliphatic heterocycles. The van der Waals surface area contributed by atoms with Crippen molar-refractivity contribution in [3.63, 3.8) is 0 Å². The Kier molecular flexibility index (Phi) is 2.99. The van der Waals surface area contributed by atoms with Crippen molar-refractivity contribution in [1.29, 1.82) is 0 Å². The number of rotatable bonds is 2. The fourth-order valence-corrected chi connectivity index (χ4v) is 3.43. The molecule has 19 heavy (non-hydrogen) atoms.